The molecular weight excluding hydrogens is 518 g/mol. The van der Waals surface area contributed by atoms with E-state index in [9.17, 15) is 4.79 Å². The van der Waals surface area contributed by atoms with Crippen molar-refractivity contribution in [1.29, 1.82) is 0 Å². The number of fused-ring (bicyclic) bond motifs is 1. The van der Waals surface area contributed by atoms with Crippen molar-refractivity contribution in [2.45, 2.75) is 19.8 Å². The van der Waals surface area contributed by atoms with E-state index in [1.54, 1.807) is 0 Å². The summed E-state index contributed by atoms with van der Waals surface area (Å²) >= 11 is 0.145. The van der Waals surface area contributed by atoms with Crippen molar-refractivity contribution in [3.05, 3.63) is 71.1 Å². The molecule has 0 aromatic heterocycles. The Bertz CT molecular complexity index is 755. The van der Waals surface area contributed by atoms with Gasteiger partial charge >= 0.3 is 158 Å². The van der Waals surface area contributed by atoms with Gasteiger partial charge in [-0.1, -0.05) is 0 Å². The Morgan fingerprint density at radius 2 is 1.96 bits per heavy atom. The minimum absolute atomic E-state index is 0.202. The van der Waals surface area contributed by atoms with E-state index in [1.165, 1.54) is 0 Å². The van der Waals surface area contributed by atoms with Crippen LogP contribution in [0.4, 0.5) is 0 Å². The summed E-state index contributed by atoms with van der Waals surface area (Å²) in [6, 6.07) is 15.6. The van der Waals surface area contributed by atoms with Crippen LogP contribution in [-0.2, 0) is 3.07 Å². The number of halogens is 2. The van der Waals surface area contributed by atoms with E-state index in [-0.39, 0.29) is 5.97 Å². The zero-order chi connectivity index (χ0) is 16.2. The quantitative estimate of drug-likeness (QED) is 0.361. The van der Waals surface area contributed by atoms with Gasteiger partial charge in [0.15, 0.2) is 0 Å². The second-order valence-corrected chi connectivity index (χ2v) is 9.94. The first-order chi connectivity index (χ1) is 11.2. The Hall–Kier alpha value is -1.09. The molecule has 0 radical (unpaired) electrons. The molecule has 2 aromatic carbocycles. The maximum atomic E-state index is 12.0. The number of ether oxygens (including phenoxy) is 1. The van der Waals surface area contributed by atoms with E-state index >= 15 is 0 Å². The Morgan fingerprint density at radius 3 is 2.74 bits per heavy atom. The number of para-hydroxylation sites is 1. The summed E-state index contributed by atoms with van der Waals surface area (Å²) < 4.78 is 15.9. The second kappa shape index (κ2) is 7.65. The standard InChI is InChI=1S/C18H16I2O3/c1-2-7-13(22-17-11-6-4-9-15(17)19)12-20-16-10-5-3-8-14(16)18(21)23-20/h3-6,8-12H,2,7H2,1H3/b13-12-. The Morgan fingerprint density at radius 1 is 1.22 bits per heavy atom. The molecule has 0 amide bonds. The van der Waals surface area contributed by atoms with Crippen molar-refractivity contribution in [2.75, 3.05) is 0 Å². The minimum atomic E-state index is -2.12. The van der Waals surface area contributed by atoms with Crippen LogP contribution in [0.5, 0.6) is 5.75 Å². The van der Waals surface area contributed by atoms with Crippen LogP contribution in [0.1, 0.15) is 30.1 Å². The third-order valence-electron chi connectivity index (χ3n) is 3.24. The van der Waals surface area contributed by atoms with Gasteiger partial charge in [0.2, 0.25) is 0 Å². The van der Waals surface area contributed by atoms with E-state index in [1.807, 2.05) is 48.5 Å². The van der Waals surface area contributed by atoms with Gasteiger partial charge in [-0.05, 0) is 0 Å². The molecule has 1 aliphatic heterocycles. The maximum absolute atomic E-state index is 12.0. The summed E-state index contributed by atoms with van der Waals surface area (Å²) in [5, 5.41) is 0. The number of carbonyl (C=O) groups is 1. The summed E-state index contributed by atoms with van der Waals surface area (Å²) in [6.07, 6.45) is 1.81. The van der Waals surface area contributed by atoms with E-state index < -0.39 is 20.2 Å². The molecule has 2 aromatic rings. The summed E-state index contributed by atoms with van der Waals surface area (Å²) in [5.41, 5.74) is 0.707. The van der Waals surface area contributed by atoms with Crippen LogP contribution >= 0.6 is 42.8 Å². The summed E-state index contributed by atoms with van der Waals surface area (Å²) in [5.74, 6) is 1.54. The van der Waals surface area contributed by atoms with Crippen molar-refractivity contribution in [2.24, 2.45) is 0 Å². The molecule has 23 heavy (non-hydrogen) atoms. The van der Waals surface area contributed by atoms with Crippen LogP contribution in [0.2, 0.25) is 0 Å². The van der Waals surface area contributed by atoms with Crippen LogP contribution in [0.3, 0.4) is 0 Å². The topological polar surface area (TPSA) is 35.5 Å². The van der Waals surface area contributed by atoms with Gasteiger partial charge in [0.1, 0.15) is 0 Å². The predicted octanol–water partition coefficient (Wildman–Crippen LogP) is 5.77. The molecule has 1 heterocycles. The van der Waals surface area contributed by atoms with Crippen LogP contribution in [0.15, 0.2) is 58.4 Å². The molecule has 0 saturated carbocycles. The SMILES string of the molecule is CCC/C(=C/I1OC(=O)c2ccccc21)Oc1ccccc1I. The van der Waals surface area contributed by atoms with Gasteiger partial charge in [0.25, 0.3) is 0 Å². The zero-order valence-corrected chi connectivity index (χ0v) is 16.9. The fourth-order valence-corrected chi connectivity index (χ4v) is 6.65. The first kappa shape index (κ1) is 16.8. The van der Waals surface area contributed by atoms with Crippen LogP contribution < -0.4 is 4.74 Å². The van der Waals surface area contributed by atoms with Crippen molar-refractivity contribution < 1.29 is 12.6 Å². The molecule has 0 saturated heterocycles. The van der Waals surface area contributed by atoms with Crippen LogP contribution in [0, 0.1) is 7.14 Å². The van der Waals surface area contributed by atoms with E-state index in [4.69, 9.17) is 7.80 Å². The molecule has 0 aliphatic carbocycles. The van der Waals surface area contributed by atoms with Gasteiger partial charge in [0.05, 0.1) is 0 Å². The van der Waals surface area contributed by atoms with Crippen molar-refractivity contribution in [1.82, 2.24) is 0 Å². The fraction of sp³-hybridized carbons (Fsp3) is 0.167. The molecule has 5 heteroatoms. The average Bonchev–Trinajstić information content (AvgIpc) is 2.86. The summed E-state index contributed by atoms with van der Waals surface area (Å²) in [4.78, 5) is 12.0. The third-order valence-corrected chi connectivity index (χ3v) is 8.35. The molecule has 3 rings (SSSR count). The molecule has 1 aliphatic rings. The van der Waals surface area contributed by atoms with Crippen molar-refractivity contribution in [3.8, 4) is 5.75 Å². The molecule has 0 atom stereocenters. The first-order valence-corrected chi connectivity index (χ1v) is 11.6. The molecule has 3 nitrogen and oxygen atoms in total. The normalized spacial score (nSPS) is 15.3. The first-order valence-electron chi connectivity index (χ1n) is 7.32. The Kier molecular flexibility index (Phi) is 5.58. The second-order valence-electron chi connectivity index (χ2n) is 4.98. The molecule has 0 bridgehead atoms. The summed E-state index contributed by atoms with van der Waals surface area (Å²) in [7, 11) is 0. The number of hydrogen-bond donors (Lipinski definition) is 0. The Balaban J connectivity index is 1.88. The van der Waals surface area contributed by atoms with Gasteiger partial charge in [-0.15, -0.1) is 0 Å². The van der Waals surface area contributed by atoms with Gasteiger partial charge in [-0.25, -0.2) is 0 Å². The van der Waals surface area contributed by atoms with Gasteiger partial charge < -0.3 is 0 Å². The summed E-state index contributed by atoms with van der Waals surface area (Å²) in [6.45, 7) is 2.12. The zero-order valence-electron chi connectivity index (χ0n) is 12.6. The number of hydrogen-bond acceptors (Lipinski definition) is 3. The monoisotopic (exact) mass is 534 g/mol. The third kappa shape index (κ3) is 3.88. The number of rotatable bonds is 5. The number of benzene rings is 2. The van der Waals surface area contributed by atoms with E-state index in [0.29, 0.717) is 5.56 Å². The molecule has 0 unspecified atom stereocenters. The molecular formula is C18H16I2O3. The van der Waals surface area contributed by atoms with Gasteiger partial charge in [-0.3, -0.25) is 0 Å². The van der Waals surface area contributed by atoms with E-state index in [0.717, 1.165) is 31.5 Å². The van der Waals surface area contributed by atoms with Gasteiger partial charge in [0, 0.05) is 0 Å². The average molecular weight is 534 g/mol. The number of carbonyl (C=O) groups excluding carboxylic acids is 1. The van der Waals surface area contributed by atoms with Crippen molar-refractivity contribution in [3.63, 3.8) is 0 Å². The van der Waals surface area contributed by atoms with Gasteiger partial charge in [-0.2, -0.15) is 0 Å². The molecule has 0 N–H and O–H groups in total. The van der Waals surface area contributed by atoms with Crippen molar-refractivity contribution >= 4 is 48.8 Å². The van der Waals surface area contributed by atoms with E-state index in [2.05, 4.69) is 33.6 Å². The molecule has 0 spiro atoms. The van der Waals surface area contributed by atoms with Crippen LogP contribution in [-0.4, -0.2) is 5.97 Å². The molecule has 120 valence electrons. The molecule has 0 fully saturated rings. The Labute approximate surface area is 157 Å². The van der Waals surface area contributed by atoms with Crippen LogP contribution in [0.25, 0.3) is 0 Å². The predicted molar refractivity (Wildman–Crippen MR) is 107 cm³/mol. The fourth-order valence-electron chi connectivity index (χ4n) is 2.18. The number of allylic oxidation sites excluding steroid dienone is 1.